The highest BCUT2D eigenvalue weighted by Gasteiger charge is 2.27. The molecule has 1 aromatic carbocycles. The Morgan fingerprint density at radius 1 is 1.18 bits per heavy atom. The lowest BCUT2D eigenvalue weighted by Gasteiger charge is -2.22. The van der Waals surface area contributed by atoms with Crippen LogP contribution in [0.2, 0.25) is 5.02 Å². The van der Waals surface area contributed by atoms with Crippen LogP contribution in [0.25, 0.3) is 16.1 Å². The Morgan fingerprint density at radius 3 is 2.59 bits per heavy atom. The lowest BCUT2D eigenvalue weighted by atomic mass is 10.1. The molecule has 0 bridgehead atoms. The number of nitrogens with one attached hydrogen (secondary N) is 1. The first-order valence-electron chi connectivity index (χ1n) is 10.7. The van der Waals surface area contributed by atoms with Crippen LogP contribution >= 0.6 is 11.6 Å². The van der Waals surface area contributed by atoms with E-state index in [0.717, 1.165) is 18.4 Å². The van der Waals surface area contributed by atoms with Crippen LogP contribution in [-0.2, 0) is 9.59 Å². The summed E-state index contributed by atoms with van der Waals surface area (Å²) in [5.74, 6) is 0.832. The van der Waals surface area contributed by atoms with Gasteiger partial charge in [0.15, 0.2) is 18.6 Å². The van der Waals surface area contributed by atoms with E-state index in [1.807, 2.05) is 12.1 Å². The topological polar surface area (TPSA) is 88.8 Å². The van der Waals surface area contributed by atoms with E-state index in [0.29, 0.717) is 40.3 Å². The lowest BCUT2D eigenvalue weighted by molar-refractivity contribution is -0.118. The predicted molar refractivity (Wildman–Crippen MR) is 130 cm³/mol. The highest BCUT2D eigenvalue weighted by molar-refractivity contribution is 6.34. The molecule has 1 saturated carbocycles. The van der Waals surface area contributed by atoms with Gasteiger partial charge in [-0.15, -0.1) is 4.98 Å². The first kappa shape index (κ1) is 23.2. The van der Waals surface area contributed by atoms with E-state index in [-0.39, 0.29) is 24.2 Å². The second-order valence-corrected chi connectivity index (χ2v) is 8.38. The van der Waals surface area contributed by atoms with Crippen molar-refractivity contribution in [2.45, 2.75) is 19.8 Å². The maximum Gasteiger partial charge on any atom is 0.269 e. The summed E-state index contributed by atoms with van der Waals surface area (Å²) in [6.07, 6.45) is 5.24. The number of nitrogens with zero attached hydrogens (tertiary/aromatic N) is 4. The average molecular weight is 476 g/mol. The fraction of sp³-hybridized carbons (Fsp3) is 0.240. The monoisotopic (exact) mass is 475 g/mol. The number of aromatic nitrogens is 2. The van der Waals surface area contributed by atoms with Gasteiger partial charge in [0.05, 0.1) is 28.3 Å². The van der Waals surface area contributed by atoms with Crippen LogP contribution < -0.4 is 15.0 Å². The van der Waals surface area contributed by atoms with Gasteiger partial charge in [-0.3, -0.25) is 14.6 Å². The van der Waals surface area contributed by atoms with Gasteiger partial charge in [-0.25, -0.2) is 0 Å². The third-order valence-corrected chi connectivity index (χ3v) is 5.61. The van der Waals surface area contributed by atoms with Crippen molar-refractivity contribution in [1.82, 2.24) is 9.97 Å². The first-order chi connectivity index (χ1) is 16.4. The zero-order valence-corrected chi connectivity index (χ0v) is 19.2. The number of carbonyl (C=O) groups excluding carboxylic acids is 2. The van der Waals surface area contributed by atoms with Crippen molar-refractivity contribution in [1.29, 1.82) is 0 Å². The number of pyridine rings is 2. The van der Waals surface area contributed by atoms with Gasteiger partial charge in [-0.1, -0.05) is 24.2 Å². The van der Waals surface area contributed by atoms with E-state index in [2.05, 4.69) is 20.1 Å². The Bertz CT molecular complexity index is 1230. The smallest absolute Gasteiger partial charge is 0.269 e. The summed E-state index contributed by atoms with van der Waals surface area (Å²) in [4.78, 5) is 37.5. The quantitative estimate of drug-likeness (QED) is 0.456. The zero-order chi connectivity index (χ0) is 24.1. The van der Waals surface area contributed by atoms with Crippen molar-refractivity contribution < 1.29 is 14.3 Å². The molecule has 0 radical (unpaired) electrons. The predicted octanol–water partition coefficient (Wildman–Crippen LogP) is 5.13. The van der Waals surface area contributed by atoms with E-state index >= 15 is 0 Å². The molecule has 0 aliphatic heterocycles. The third-order valence-electron chi connectivity index (χ3n) is 5.30. The van der Waals surface area contributed by atoms with Gasteiger partial charge in [0.25, 0.3) is 11.7 Å². The van der Waals surface area contributed by atoms with Gasteiger partial charge in [0.1, 0.15) is 0 Å². The number of halogens is 1. The Kier molecular flexibility index (Phi) is 7.04. The van der Waals surface area contributed by atoms with E-state index in [9.17, 15) is 9.59 Å². The molecule has 1 aliphatic rings. The van der Waals surface area contributed by atoms with Gasteiger partial charge in [0, 0.05) is 19.0 Å². The molecule has 2 amide bonds. The Morgan fingerprint density at radius 2 is 2.00 bits per heavy atom. The Hall–Kier alpha value is -3.96. The molecule has 8 nitrogen and oxygen atoms in total. The standard InChI is InChI=1S/C25H22ClN5O3/c1-16(32)31(14-17-3-4-17)23-9-5-18(11-21(23)26)22-8-6-19(12-28-22)30-25(33)15-34-20-7-10-24(27-2)29-13-20/h5-13,17H,3-4,14-15H2,1H3,(H,30,33). The fourth-order valence-electron chi connectivity index (χ4n) is 3.35. The van der Waals surface area contributed by atoms with Crippen LogP contribution in [0, 0.1) is 12.5 Å². The molecule has 4 rings (SSSR count). The maximum atomic E-state index is 12.2. The van der Waals surface area contributed by atoms with Crippen molar-refractivity contribution in [2.75, 3.05) is 23.4 Å². The van der Waals surface area contributed by atoms with Crippen LogP contribution in [0.3, 0.4) is 0 Å². The van der Waals surface area contributed by atoms with Gasteiger partial charge in [-0.2, -0.15) is 0 Å². The van der Waals surface area contributed by atoms with Gasteiger partial charge in [-0.05, 0) is 55.2 Å². The molecule has 1 N–H and O–H groups in total. The SMILES string of the molecule is [C-]#[N+]c1ccc(OCC(=O)Nc2ccc(-c3ccc(N(CC4CC4)C(C)=O)c(Cl)c3)nc2)cn1. The number of ether oxygens (including phenoxy) is 1. The number of hydrogen-bond acceptors (Lipinski definition) is 5. The lowest BCUT2D eigenvalue weighted by Crippen LogP contribution is -2.30. The summed E-state index contributed by atoms with van der Waals surface area (Å²) in [5, 5.41) is 3.21. The van der Waals surface area contributed by atoms with Gasteiger partial charge in [0.2, 0.25) is 5.91 Å². The minimum Gasteiger partial charge on any atom is -0.480 e. The van der Waals surface area contributed by atoms with Gasteiger partial charge >= 0.3 is 0 Å². The normalized spacial score (nSPS) is 12.5. The average Bonchev–Trinajstić information content (AvgIpc) is 3.66. The molecule has 1 fully saturated rings. The summed E-state index contributed by atoms with van der Waals surface area (Å²) >= 11 is 6.51. The minimum atomic E-state index is -0.351. The molecule has 0 saturated heterocycles. The van der Waals surface area contributed by atoms with Crippen LogP contribution in [0.4, 0.5) is 17.2 Å². The summed E-state index contributed by atoms with van der Waals surface area (Å²) < 4.78 is 5.38. The Balaban J connectivity index is 1.37. The maximum absolute atomic E-state index is 12.2. The first-order valence-corrected chi connectivity index (χ1v) is 11.1. The van der Waals surface area contributed by atoms with Crippen molar-refractivity contribution in [3.63, 3.8) is 0 Å². The van der Waals surface area contributed by atoms with Crippen LogP contribution in [0.15, 0.2) is 54.9 Å². The molecule has 0 spiro atoms. The number of hydrogen-bond donors (Lipinski definition) is 1. The van der Waals surface area contributed by atoms with Crippen LogP contribution in [0.5, 0.6) is 5.75 Å². The van der Waals surface area contributed by atoms with E-state index in [4.69, 9.17) is 22.9 Å². The van der Waals surface area contributed by atoms with Crippen LogP contribution in [0.1, 0.15) is 19.8 Å². The molecular weight excluding hydrogens is 454 g/mol. The molecule has 2 aromatic heterocycles. The summed E-state index contributed by atoms with van der Waals surface area (Å²) in [6.45, 7) is 8.92. The summed E-state index contributed by atoms with van der Waals surface area (Å²) in [5.41, 5.74) is 2.71. The van der Waals surface area contributed by atoms with E-state index in [1.54, 1.807) is 42.3 Å². The summed E-state index contributed by atoms with van der Waals surface area (Å²) in [7, 11) is 0. The highest BCUT2D eigenvalue weighted by atomic mass is 35.5. The molecule has 34 heavy (non-hydrogen) atoms. The van der Waals surface area contributed by atoms with E-state index < -0.39 is 0 Å². The number of amides is 2. The van der Waals surface area contributed by atoms with Gasteiger partial charge < -0.3 is 19.8 Å². The third kappa shape index (κ3) is 5.88. The Labute approximate surface area is 202 Å². The van der Waals surface area contributed by atoms with Crippen molar-refractivity contribution in [3.05, 3.63) is 71.3 Å². The molecule has 0 unspecified atom stereocenters. The number of carbonyl (C=O) groups is 2. The van der Waals surface area contributed by atoms with Crippen molar-refractivity contribution >= 4 is 40.6 Å². The second kappa shape index (κ2) is 10.3. The number of benzene rings is 1. The zero-order valence-electron chi connectivity index (χ0n) is 18.5. The highest BCUT2D eigenvalue weighted by Crippen LogP contribution is 2.35. The molecule has 2 heterocycles. The van der Waals surface area contributed by atoms with Crippen molar-refractivity contribution in [2.24, 2.45) is 5.92 Å². The molecule has 1 aliphatic carbocycles. The summed E-state index contributed by atoms with van der Waals surface area (Å²) in [6, 6.07) is 12.1. The molecule has 172 valence electrons. The second-order valence-electron chi connectivity index (χ2n) is 7.97. The number of rotatable bonds is 8. The van der Waals surface area contributed by atoms with Crippen LogP contribution in [-0.4, -0.2) is 34.9 Å². The molecule has 3 aromatic rings. The molecule has 9 heteroatoms. The molecular formula is C25H22ClN5O3. The number of anilines is 2. The largest absolute Gasteiger partial charge is 0.480 e. The van der Waals surface area contributed by atoms with E-state index in [1.165, 1.54) is 12.3 Å². The molecule has 0 atom stereocenters. The fourth-order valence-corrected chi connectivity index (χ4v) is 3.63. The van der Waals surface area contributed by atoms with Crippen molar-refractivity contribution in [3.8, 4) is 17.0 Å². The minimum absolute atomic E-state index is 0.0274.